The van der Waals surface area contributed by atoms with Crippen molar-refractivity contribution in [1.82, 2.24) is 0 Å². The fourth-order valence-corrected chi connectivity index (χ4v) is 2.49. The van der Waals surface area contributed by atoms with E-state index < -0.39 is 5.92 Å². The van der Waals surface area contributed by atoms with Gasteiger partial charge >= 0.3 is 5.97 Å². The highest BCUT2D eigenvalue weighted by Gasteiger charge is 2.61. The van der Waals surface area contributed by atoms with Gasteiger partial charge in [-0.15, -0.1) is 0 Å². The number of hydrogen-bond donors (Lipinski definition) is 0. The van der Waals surface area contributed by atoms with Gasteiger partial charge in [0.2, 0.25) is 5.92 Å². The van der Waals surface area contributed by atoms with Gasteiger partial charge in [-0.05, 0) is 24.7 Å². The maximum Gasteiger partial charge on any atom is 0.309 e. The van der Waals surface area contributed by atoms with Crippen molar-refractivity contribution in [3.63, 3.8) is 0 Å². The molecule has 0 bridgehead atoms. The van der Waals surface area contributed by atoms with Crippen LogP contribution in [0.2, 0.25) is 0 Å². The summed E-state index contributed by atoms with van der Waals surface area (Å²) in [6.45, 7) is 0. The number of ether oxygens (including phenoxy) is 1. The van der Waals surface area contributed by atoms with E-state index in [1.807, 2.05) is 0 Å². The zero-order valence-corrected chi connectivity index (χ0v) is 8.19. The molecule has 2 aliphatic carbocycles. The smallest absolute Gasteiger partial charge is 0.309 e. The molecule has 0 saturated heterocycles. The van der Waals surface area contributed by atoms with Crippen molar-refractivity contribution in [3.8, 4) is 0 Å². The first-order chi connectivity index (χ1) is 6.49. The molecule has 1 unspecified atom stereocenters. The Kier molecular flexibility index (Phi) is 2.05. The Morgan fingerprint density at radius 3 is 2.36 bits per heavy atom. The number of alkyl halides is 2. The van der Waals surface area contributed by atoms with Gasteiger partial charge in [-0.2, -0.15) is 0 Å². The summed E-state index contributed by atoms with van der Waals surface area (Å²) in [5.41, 5.74) is -0.130. The fourth-order valence-electron chi connectivity index (χ4n) is 2.49. The Morgan fingerprint density at radius 1 is 1.29 bits per heavy atom. The number of halogens is 2. The monoisotopic (exact) mass is 204 g/mol. The quantitative estimate of drug-likeness (QED) is 0.613. The molecule has 0 aromatic rings. The highest BCUT2D eigenvalue weighted by molar-refractivity contribution is 5.76. The first-order valence-corrected chi connectivity index (χ1v) is 4.95. The van der Waals surface area contributed by atoms with Crippen LogP contribution in [0.15, 0.2) is 0 Å². The molecular weight excluding hydrogens is 190 g/mol. The summed E-state index contributed by atoms with van der Waals surface area (Å²) in [6, 6.07) is 0. The second-order valence-electron chi connectivity index (χ2n) is 4.50. The second-order valence-corrected chi connectivity index (χ2v) is 4.50. The molecule has 0 amide bonds. The van der Waals surface area contributed by atoms with Crippen LogP contribution in [0, 0.1) is 11.3 Å². The number of carbonyl (C=O) groups excluding carboxylic acids is 1. The molecule has 0 aromatic carbocycles. The minimum absolute atomic E-state index is 0.0690. The van der Waals surface area contributed by atoms with E-state index in [1.165, 1.54) is 7.11 Å². The van der Waals surface area contributed by atoms with E-state index in [4.69, 9.17) is 0 Å². The molecule has 2 nitrogen and oxygen atoms in total. The lowest BCUT2D eigenvalue weighted by molar-refractivity contribution is -0.144. The SMILES string of the molecule is COC(=O)C1CC12CCC(F)(F)CC2. The number of esters is 1. The highest BCUT2D eigenvalue weighted by Crippen LogP contribution is 2.63. The predicted octanol–water partition coefficient (Wildman–Crippen LogP) is 2.38. The molecule has 4 heteroatoms. The molecule has 2 fully saturated rings. The lowest BCUT2D eigenvalue weighted by Crippen LogP contribution is -2.27. The van der Waals surface area contributed by atoms with Gasteiger partial charge in [0, 0.05) is 12.8 Å². The van der Waals surface area contributed by atoms with Crippen molar-refractivity contribution in [2.75, 3.05) is 7.11 Å². The molecule has 1 spiro atoms. The molecule has 0 heterocycles. The minimum Gasteiger partial charge on any atom is -0.469 e. The Balaban J connectivity index is 1.94. The number of methoxy groups -OCH3 is 1. The van der Waals surface area contributed by atoms with Gasteiger partial charge in [-0.3, -0.25) is 4.79 Å². The van der Waals surface area contributed by atoms with Crippen molar-refractivity contribution in [2.45, 2.75) is 38.0 Å². The number of carbonyl (C=O) groups is 1. The minimum atomic E-state index is -2.51. The van der Waals surface area contributed by atoms with Gasteiger partial charge < -0.3 is 4.74 Å². The van der Waals surface area contributed by atoms with E-state index in [-0.39, 0.29) is 30.1 Å². The molecule has 0 radical (unpaired) electrons. The molecule has 0 N–H and O–H groups in total. The van der Waals surface area contributed by atoms with E-state index in [2.05, 4.69) is 4.74 Å². The van der Waals surface area contributed by atoms with Gasteiger partial charge in [-0.1, -0.05) is 0 Å². The van der Waals surface area contributed by atoms with Crippen LogP contribution in [0.5, 0.6) is 0 Å². The average molecular weight is 204 g/mol. The Morgan fingerprint density at radius 2 is 1.86 bits per heavy atom. The third-order valence-corrected chi connectivity index (χ3v) is 3.65. The topological polar surface area (TPSA) is 26.3 Å². The van der Waals surface area contributed by atoms with Crippen LogP contribution in [0.25, 0.3) is 0 Å². The van der Waals surface area contributed by atoms with E-state index in [0.29, 0.717) is 12.8 Å². The predicted molar refractivity (Wildman–Crippen MR) is 46.0 cm³/mol. The summed E-state index contributed by atoms with van der Waals surface area (Å²) in [4.78, 5) is 11.2. The highest BCUT2D eigenvalue weighted by atomic mass is 19.3. The van der Waals surface area contributed by atoms with Gasteiger partial charge in [0.1, 0.15) is 0 Å². The largest absolute Gasteiger partial charge is 0.469 e. The second kappa shape index (κ2) is 2.91. The van der Waals surface area contributed by atoms with Crippen LogP contribution in [0.1, 0.15) is 32.1 Å². The van der Waals surface area contributed by atoms with Crippen molar-refractivity contribution in [2.24, 2.45) is 11.3 Å². The molecule has 2 saturated carbocycles. The van der Waals surface area contributed by atoms with Crippen LogP contribution >= 0.6 is 0 Å². The summed E-state index contributed by atoms with van der Waals surface area (Å²) < 4.78 is 30.4. The van der Waals surface area contributed by atoms with Crippen LogP contribution in [-0.2, 0) is 9.53 Å². The van der Waals surface area contributed by atoms with Crippen LogP contribution in [0.3, 0.4) is 0 Å². The summed E-state index contributed by atoms with van der Waals surface area (Å²) in [5.74, 6) is -2.84. The van der Waals surface area contributed by atoms with E-state index in [1.54, 1.807) is 0 Å². The van der Waals surface area contributed by atoms with E-state index >= 15 is 0 Å². The van der Waals surface area contributed by atoms with Crippen molar-refractivity contribution in [3.05, 3.63) is 0 Å². The standard InChI is InChI=1S/C10H14F2O2/c1-14-8(13)7-6-9(7)2-4-10(11,12)5-3-9/h7H,2-6H2,1H3. The zero-order chi connectivity index (χ0) is 10.4. The van der Waals surface area contributed by atoms with Crippen LogP contribution < -0.4 is 0 Å². The molecule has 2 aliphatic rings. The zero-order valence-electron chi connectivity index (χ0n) is 8.19. The van der Waals surface area contributed by atoms with Crippen molar-refractivity contribution in [1.29, 1.82) is 0 Å². The molecule has 14 heavy (non-hydrogen) atoms. The lowest BCUT2D eigenvalue weighted by atomic mass is 9.82. The Bertz CT molecular complexity index is 253. The summed E-state index contributed by atoms with van der Waals surface area (Å²) >= 11 is 0. The molecule has 0 aromatic heterocycles. The summed E-state index contributed by atoms with van der Waals surface area (Å²) in [7, 11) is 1.35. The summed E-state index contributed by atoms with van der Waals surface area (Å²) in [6.07, 6.45) is 1.55. The lowest BCUT2D eigenvalue weighted by Gasteiger charge is -2.28. The van der Waals surface area contributed by atoms with Crippen molar-refractivity contribution >= 4 is 5.97 Å². The Labute approximate surface area is 81.6 Å². The Hall–Kier alpha value is -0.670. The first kappa shape index (κ1) is 9.87. The molecule has 0 aliphatic heterocycles. The third kappa shape index (κ3) is 1.51. The fraction of sp³-hybridized carbons (Fsp3) is 0.900. The van der Waals surface area contributed by atoms with Crippen LogP contribution in [-0.4, -0.2) is 19.0 Å². The maximum absolute atomic E-state index is 12.9. The van der Waals surface area contributed by atoms with E-state index in [0.717, 1.165) is 6.42 Å². The normalized spacial score (nSPS) is 32.6. The maximum atomic E-state index is 12.9. The summed E-state index contributed by atoms with van der Waals surface area (Å²) in [5, 5.41) is 0. The average Bonchev–Trinajstić information content (AvgIpc) is 2.85. The van der Waals surface area contributed by atoms with Gasteiger partial charge in [0.25, 0.3) is 0 Å². The van der Waals surface area contributed by atoms with Gasteiger partial charge in [0.05, 0.1) is 13.0 Å². The molecule has 80 valence electrons. The number of hydrogen-bond acceptors (Lipinski definition) is 2. The number of rotatable bonds is 1. The first-order valence-electron chi connectivity index (χ1n) is 4.95. The van der Waals surface area contributed by atoms with Gasteiger partial charge in [0.15, 0.2) is 0 Å². The van der Waals surface area contributed by atoms with Gasteiger partial charge in [-0.25, -0.2) is 8.78 Å². The molecular formula is C10H14F2O2. The van der Waals surface area contributed by atoms with E-state index in [9.17, 15) is 13.6 Å². The molecule has 2 rings (SSSR count). The van der Waals surface area contributed by atoms with Crippen molar-refractivity contribution < 1.29 is 18.3 Å². The van der Waals surface area contributed by atoms with Crippen LogP contribution in [0.4, 0.5) is 8.78 Å². The third-order valence-electron chi connectivity index (χ3n) is 3.65. The molecule has 1 atom stereocenters.